The fourth-order valence-corrected chi connectivity index (χ4v) is 3.89. The van der Waals surface area contributed by atoms with Crippen molar-refractivity contribution in [3.05, 3.63) is 88.2 Å². The first-order valence-electron chi connectivity index (χ1n) is 10.1. The Labute approximate surface area is 182 Å². The lowest BCUT2D eigenvalue weighted by Crippen LogP contribution is -2.35. The molecular formula is C23H22F3N3O3. The zero-order chi connectivity index (χ0) is 22.7. The molecule has 1 aliphatic rings. The van der Waals surface area contributed by atoms with E-state index in [-0.39, 0.29) is 24.8 Å². The van der Waals surface area contributed by atoms with E-state index in [2.05, 4.69) is 10.4 Å². The number of nitrogens with one attached hydrogen (secondary N) is 1. The van der Waals surface area contributed by atoms with Crippen LogP contribution in [0.1, 0.15) is 33.5 Å². The molecule has 2 N–H and O–H groups in total. The van der Waals surface area contributed by atoms with Gasteiger partial charge in [-0.15, -0.1) is 0 Å². The number of alkyl halides is 3. The Bertz CT molecular complexity index is 1100. The zero-order valence-electron chi connectivity index (χ0n) is 17.1. The van der Waals surface area contributed by atoms with Crippen molar-refractivity contribution in [3.8, 4) is 0 Å². The summed E-state index contributed by atoms with van der Waals surface area (Å²) in [4.78, 5) is 12.1. The predicted molar refractivity (Wildman–Crippen MR) is 110 cm³/mol. The van der Waals surface area contributed by atoms with Crippen molar-refractivity contribution in [2.24, 2.45) is 0 Å². The molecule has 0 saturated carbocycles. The number of aromatic nitrogens is 2. The van der Waals surface area contributed by atoms with E-state index in [0.29, 0.717) is 12.8 Å². The van der Waals surface area contributed by atoms with E-state index < -0.39 is 24.6 Å². The number of hydrogen-bond donors (Lipinski definition) is 2. The van der Waals surface area contributed by atoms with Crippen molar-refractivity contribution in [2.45, 2.75) is 44.8 Å². The summed E-state index contributed by atoms with van der Waals surface area (Å²) in [5.74, 6) is 0. The van der Waals surface area contributed by atoms with E-state index in [1.54, 1.807) is 0 Å². The van der Waals surface area contributed by atoms with Crippen molar-refractivity contribution in [3.63, 3.8) is 0 Å². The fourth-order valence-electron chi connectivity index (χ4n) is 3.89. The topological polar surface area (TPSA) is 76.4 Å². The number of carbonyl (C=O) groups is 1. The standard InChI is InChI=1S/C23H22F3N3O3/c24-23(25,26)21-19(13-30)12-29(28-21)11-16-6-7-17-9-20(10-18(17)8-16)27-22(31)32-14-15-4-2-1-3-5-15/h1-8,12,20,30H,9-11,13-14H2,(H,27,31)/t20-/m0/s1. The smallest absolute Gasteiger partial charge is 0.435 e. The maximum Gasteiger partial charge on any atom is 0.435 e. The number of nitrogens with zero attached hydrogens (tertiary/aromatic N) is 2. The van der Waals surface area contributed by atoms with E-state index in [4.69, 9.17) is 4.74 Å². The Morgan fingerprint density at radius 1 is 1.12 bits per heavy atom. The first kappa shape index (κ1) is 21.9. The van der Waals surface area contributed by atoms with E-state index in [0.717, 1.165) is 22.3 Å². The minimum atomic E-state index is -4.62. The number of ether oxygens (including phenoxy) is 1. The number of fused-ring (bicyclic) bond motifs is 1. The molecule has 1 aromatic heterocycles. The SMILES string of the molecule is O=C(N[C@H]1Cc2ccc(Cn3cc(CO)c(C(F)(F)F)n3)cc2C1)OCc1ccccc1. The van der Waals surface area contributed by atoms with Crippen LogP contribution in [0.3, 0.4) is 0 Å². The van der Waals surface area contributed by atoms with Crippen LogP contribution in [0.2, 0.25) is 0 Å². The van der Waals surface area contributed by atoms with Crippen LogP contribution in [0, 0.1) is 0 Å². The molecule has 0 aliphatic heterocycles. The quantitative estimate of drug-likeness (QED) is 0.605. The second-order valence-corrected chi connectivity index (χ2v) is 7.77. The van der Waals surface area contributed by atoms with Crippen molar-refractivity contribution in [1.29, 1.82) is 0 Å². The molecule has 32 heavy (non-hydrogen) atoms. The molecule has 9 heteroatoms. The summed E-state index contributed by atoms with van der Waals surface area (Å²) in [5, 5.41) is 15.7. The highest BCUT2D eigenvalue weighted by atomic mass is 19.4. The zero-order valence-corrected chi connectivity index (χ0v) is 17.1. The molecule has 168 valence electrons. The highest BCUT2D eigenvalue weighted by Gasteiger charge is 2.37. The van der Waals surface area contributed by atoms with Crippen molar-refractivity contribution >= 4 is 6.09 Å². The van der Waals surface area contributed by atoms with Crippen LogP contribution in [0.15, 0.2) is 54.7 Å². The molecular weight excluding hydrogens is 423 g/mol. The van der Waals surface area contributed by atoms with Gasteiger partial charge < -0.3 is 15.2 Å². The second kappa shape index (κ2) is 9.04. The van der Waals surface area contributed by atoms with Gasteiger partial charge in [-0.2, -0.15) is 18.3 Å². The number of carbonyl (C=O) groups excluding carboxylic acids is 1. The summed E-state index contributed by atoms with van der Waals surface area (Å²) in [6, 6.07) is 15.0. The number of benzene rings is 2. The van der Waals surface area contributed by atoms with E-state index >= 15 is 0 Å². The van der Waals surface area contributed by atoms with E-state index in [1.807, 2.05) is 48.5 Å². The predicted octanol–water partition coefficient (Wildman–Crippen LogP) is 3.84. The molecule has 1 atom stereocenters. The van der Waals surface area contributed by atoms with Gasteiger partial charge in [-0.1, -0.05) is 48.5 Å². The van der Waals surface area contributed by atoms with Gasteiger partial charge in [-0.05, 0) is 35.1 Å². The molecule has 6 nitrogen and oxygen atoms in total. The lowest BCUT2D eigenvalue weighted by atomic mass is 10.1. The van der Waals surface area contributed by atoms with Crippen LogP contribution in [0.5, 0.6) is 0 Å². The summed E-state index contributed by atoms with van der Waals surface area (Å²) < 4.78 is 45.6. The minimum Gasteiger partial charge on any atom is -0.445 e. The lowest BCUT2D eigenvalue weighted by Gasteiger charge is -2.12. The van der Waals surface area contributed by atoms with Crippen LogP contribution in [-0.2, 0) is 43.5 Å². The highest BCUT2D eigenvalue weighted by Crippen LogP contribution is 2.31. The minimum absolute atomic E-state index is 0.106. The lowest BCUT2D eigenvalue weighted by molar-refractivity contribution is -0.142. The molecule has 1 aliphatic carbocycles. The summed E-state index contributed by atoms with van der Waals surface area (Å²) >= 11 is 0. The molecule has 2 aromatic carbocycles. The summed E-state index contributed by atoms with van der Waals surface area (Å²) in [5.41, 5.74) is 2.47. The Kier molecular flexibility index (Phi) is 6.18. The maximum absolute atomic E-state index is 13.0. The first-order chi connectivity index (χ1) is 15.3. The maximum atomic E-state index is 13.0. The molecule has 0 saturated heterocycles. The average molecular weight is 445 g/mol. The van der Waals surface area contributed by atoms with Gasteiger partial charge in [-0.3, -0.25) is 4.68 Å². The fraction of sp³-hybridized carbons (Fsp3) is 0.304. The second-order valence-electron chi connectivity index (χ2n) is 7.77. The van der Waals surface area contributed by atoms with Crippen LogP contribution in [-0.4, -0.2) is 27.0 Å². The average Bonchev–Trinajstić information content (AvgIpc) is 3.36. The molecule has 1 heterocycles. The van der Waals surface area contributed by atoms with Crippen LogP contribution < -0.4 is 5.32 Å². The van der Waals surface area contributed by atoms with Crippen LogP contribution in [0.25, 0.3) is 0 Å². The number of amides is 1. The number of halogens is 3. The molecule has 3 aromatic rings. The summed E-state index contributed by atoms with van der Waals surface area (Å²) in [6.07, 6.45) is -2.62. The van der Waals surface area contributed by atoms with Gasteiger partial charge in [0.05, 0.1) is 13.2 Å². The number of hydrogen-bond acceptors (Lipinski definition) is 4. The molecule has 0 unspecified atom stereocenters. The number of aliphatic hydroxyl groups is 1. The molecule has 0 radical (unpaired) electrons. The Morgan fingerprint density at radius 3 is 2.56 bits per heavy atom. The third-order valence-electron chi connectivity index (χ3n) is 5.36. The van der Waals surface area contributed by atoms with Gasteiger partial charge in [0.1, 0.15) is 6.61 Å². The monoisotopic (exact) mass is 445 g/mol. The molecule has 0 bridgehead atoms. The van der Waals surface area contributed by atoms with Gasteiger partial charge in [0.25, 0.3) is 0 Å². The summed E-state index contributed by atoms with van der Waals surface area (Å²) in [7, 11) is 0. The van der Waals surface area contributed by atoms with Gasteiger partial charge in [0, 0.05) is 17.8 Å². The third kappa shape index (κ3) is 5.11. The molecule has 4 rings (SSSR count). The Balaban J connectivity index is 1.36. The largest absolute Gasteiger partial charge is 0.445 e. The summed E-state index contributed by atoms with van der Waals surface area (Å²) in [6.45, 7) is -0.392. The highest BCUT2D eigenvalue weighted by molar-refractivity contribution is 5.68. The number of aliphatic hydroxyl groups excluding tert-OH is 1. The van der Waals surface area contributed by atoms with Crippen LogP contribution >= 0.6 is 0 Å². The molecule has 0 fully saturated rings. The van der Waals surface area contributed by atoms with Crippen molar-refractivity contribution in [1.82, 2.24) is 15.1 Å². The van der Waals surface area contributed by atoms with Gasteiger partial charge >= 0.3 is 12.3 Å². The Hall–Kier alpha value is -3.33. The third-order valence-corrected chi connectivity index (χ3v) is 5.36. The van der Waals surface area contributed by atoms with Gasteiger partial charge in [0.15, 0.2) is 5.69 Å². The molecule has 0 spiro atoms. The van der Waals surface area contributed by atoms with Crippen molar-refractivity contribution < 1.29 is 27.8 Å². The Morgan fingerprint density at radius 2 is 1.88 bits per heavy atom. The van der Waals surface area contributed by atoms with E-state index in [9.17, 15) is 23.1 Å². The first-order valence-corrected chi connectivity index (χ1v) is 10.1. The number of alkyl carbamates (subject to hydrolysis) is 1. The van der Waals surface area contributed by atoms with Crippen LogP contribution in [0.4, 0.5) is 18.0 Å². The molecule has 1 amide bonds. The van der Waals surface area contributed by atoms with Crippen molar-refractivity contribution in [2.75, 3.05) is 0 Å². The number of rotatable bonds is 6. The van der Waals surface area contributed by atoms with E-state index in [1.165, 1.54) is 10.9 Å². The normalized spacial score (nSPS) is 15.4. The van der Waals surface area contributed by atoms with Gasteiger partial charge in [-0.25, -0.2) is 4.79 Å². The van der Waals surface area contributed by atoms with Gasteiger partial charge in [0.2, 0.25) is 0 Å².